The van der Waals surface area contributed by atoms with Crippen LogP contribution < -0.4 is 9.47 Å². The maximum Gasteiger partial charge on any atom is 0.165 e. The van der Waals surface area contributed by atoms with Gasteiger partial charge in [-0.15, -0.1) is 0 Å². The second-order valence-electron chi connectivity index (χ2n) is 7.14. The van der Waals surface area contributed by atoms with Gasteiger partial charge in [-0.3, -0.25) is 4.90 Å². The molecule has 1 aromatic heterocycles. The van der Waals surface area contributed by atoms with Crippen molar-refractivity contribution in [3.05, 3.63) is 42.0 Å². The third-order valence-corrected chi connectivity index (χ3v) is 5.16. The number of rotatable bonds is 8. The molecule has 1 aliphatic rings. The molecule has 0 unspecified atom stereocenters. The van der Waals surface area contributed by atoms with Gasteiger partial charge in [0, 0.05) is 30.9 Å². The van der Waals surface area contributed by atoms with E-state index in [1.807, 2.05) is 31.6 Å². The van der Waals surface area contributed by atoms with Crippen molar-refractivity contribution in [1.82, 2.24) is 14.5 Å². The molecule has 0 bridgehead atoms. The second kappa shape index (κ2) is 9.08. The van der Waals surface area contributed by atoms with Crippen molar-refractivity contribution >= 4 is 0 Å². The molecule has 0 N–H and O–H groups in total. The zero-order valence-electron chi connectivity index (χ0n) is 16.3. The van der Waals surface area contributed by atoms with Crippen LogP contribution in [-0.2, 0) is 13.1 Å². The van der Waals surface area contributed by atoms with Gasteiger partial charge in [0.05, 0.1) is 25.7 Å². The van der Waals surface area contributed by atoms with Crippen LogP contribution in [-0.4, -0.2) is 35.2 Å². The largest absolute Gasteiger partial charge is 0.493 e. The number of aromatic nitrogens is 2. The molecule has 0 amide bonds. The minimum atomic E-state index is 0.616. The fraction of sp³-hybridized carbons (Fsp3) is 0.571. The third-order valence-electron chi connectivity index (χ3n) is 5.16. The summed E-state index contributed by atoms with van der Waals surface area (Å²) in [5.41, 5.74) is 2.44. The molecular weight excluding hydrogens is 326 g/mol. The van der Waals surface area contributed by atoms with E-state index >= 15 is 0 Å². The smallest absolute Gasteiger partial charge is 0.165 e. The lowest BCUT2D eigenvalue weighted by Crippen LogP contribution is -2.22. The van der Waals surface area contributed by atoms with Gasteiger partial charge in [0.25, 0.3) is 0 Å². The number of para-hydroxylation sites is 1. The van der Waals surface area contributed by atoms with Gasteiger partial charge in [0.1, 0.15) is 0 Å². The lowest BCUT2D eigenvalue weighted by molar-refractivity contribution is 0.274. The monoisotopic (exact) mass is 357 g/mol. The van der Waals surface area contributed by atoms with E-state index < -0.39 is 0 Å². The van der Waals surface area contributed by atoms with Crippen LogP contribution in [0, 0.1) is 0 Å². The molecule has 3 rings (SSSR count). The molecule has 5 nitrogen and oxygen atoms in total. The van der Waals surface area contributed by atoms with E-state index in [-0.39, 0.29) is 0 Å². The van der Waals surface area contributed by atoms with E-state index in [0.29, 0.717) is 12.6 Å². The second-order valence-corrected chi connectivity index (χ2v) is 7.14. The van der Waals surface area contributed by atoms with Crippen molar-refractivity contribution < 1.29 is 9.47 Å². The Kier molecular flexibility index (Phi) is 6.56. The summed E-state index contributed by atoms with van der Waals surface area (Å²) in [5, 5.41) is 0. The van der Waals surface area contributed by atoms with Gasteiger partial charge in [-0.25, -0.2) is 4.98 Å². The number of imidazole rings is 1. The van der Waals surface area contributed by atoms with Gasteiger partial charge in [-0.1, -0.05) is 31.4 Å². The molecule has 0 saturated heterocycles. The number of ether oxygens (including phenoxy) is 2. The van der Waals surface area contributed by atoms with Gasteiger partial charge in [0.2, 0.25) is 0 Å². The molecule has 2 aromatic rings. The minimum Gasteiger partial charge on any atom is -0.493 e. The number of hydrogen-bond acceptors (Lipinski definition) is 4. The molecule has 1 heterocycles. The molecule has 0 radical (unpaired) electrons. The van der Waals surface area contributed by atoms with Crippen molar-refractivity contribution in [2.75, 3.05) is 20.8 Å². The summed E-state index contributed by atoms with van der Waals surface area (Å²) in [5.74, 6) is 1.65. The van der Waals surface area contributed by atoms with Crippen LogP contribution in [0.2, 0.25) is 0 Å². The summed E-state index contributed by atoms with van der Waals surface area (Å²) in [6, 6.07) is 6.71. The van der Waals surface area contributed by atoms with Crippen LogP contribution in [0.15, 0.2) is 30.7 Å². The SMILES string of the molecule is CCOc1c(CN(C)Cc2cncn2C2CCCCC2)cccc1OC. The van der Waals surface area contributed by atoms with Crippen molar-refractivity contribution in [3.63, 3.8) is 0 Å². The van der Waals surface area contributed by atoms with Gasteiger partial charge >= 0.3 is 0 Å². The van der Waals surface area contributed by atoms with Gasteiger partial charge in [-0.2, -0.15) is 0 Å². The van der Waals surface area contributed by atoms with Gasteiger partial charge in [0.15, 0.2) is 11.5 Å². The highest BCUT2D eigenvalue weighted by Crippen LogP contribution is 2.32. The number of methoxy groups -OCH3 is 1. The molecule has 0 aliphatic heterocycles. The predicted octanol–water partition coefficient (Wildman–Crippen LogP) is 4.43. The average Bonchev–Trinajstić information content (AvgIpc) is 3.12. The highest BCUT2D eigenvalue weighted by molar-refractivity contribution is 5.46. The van der Waals surface area contributed by atoms with Crippen molar-refractivity contribution in [2.45, 2.75) is 58.2 Å². The molecule has 1 aliphatic carbocycles. The molecule has 0 atom stereocenters. The molecule has 1 fully saturated rings. The average molecular weight is 357 g/mol. The Balaban J connectivity index is 1.70. The standard InChI is InChI=1S/C21H31N3O2/c1-4-26-21-17(9-8-12-20(21)25-3)14-23(2)15-19-13-22-16-24(19)18-10-6-5-7-11-18/h8-9,12-13,16,18H,4-7,10-11,14-15H2,1-3H3. The van der Waals surface area contributed by atoms with Gasteiger partial charge in [-0.05, 0) is 32.9 Å². The lowest BCUT2D eigenvalue weighted by Gasteiger charge is -2.26. The first-order valence-electron chi connectivity index (χ1n) is 9.70. The summed E-state index contributed by atoms with van der Waals surface area (Å²) < 4.78 is 13.7. The summed E-state index contributed by atoms with van der Waals surface area (Å²) in [4.78, 5) is 6.74. The van der Waals surface area contributed by atoms with E-state index in [1.54, 1.807) is 7.11 Å². The summed E-state index contributed by atoms with van der Waals surface area (Å²) in [6.45, 7) is 4.32. The number of benzene rings is 1. The Morgan fingerprint density at radius 3 is 2.73 bits per heavy atom. The Labute approximate surface area is 156 Å². The van der Waals surface area contributed by atoms with Crippen molar-refractivity contribution in [3.8, 4) is 11.5 Å². The quantitative estimate of drug-likeness (QED) is 0.701. The highest BCUT2D eigenvalue weighted by Gasteiger charge is 2.19. The lowest BCUT2D eigenvalue weighted by atomic mass is 9.95. The Morgan fingerprint density at radius 1 is 1.19 bits per heavy atom. The number of hydrogen-bond donors (Lipinski definition) is 0. The summed E-state index contributed by atoms with van der Waals surface area (Å²) in [6.07, 6.45) is 10.6. The first kappa shape index (κ1) is 18.8. The molecule has 26 heavy (non-hydrogen) atoms. The van der Waals surface area contributed by atoms with Crippen LogP contribution >= 0.6 is 0 Å². The third kappa shape index (κ3) is 4.39. The molecule has 1 aromatic carbocycles. The maximum absolute atomic E-state index is 5.84. The molecule has 0 spiro atoms. The number of nitrogens with zero attached hydrogens (tertiary/aromatic N) is 3. The van der Waals surface area contributed by atoms with E-state index in [2.05, 4.69) is 27.6 Å². The van der Waals surface area contributed by atoms with Crippen LogP contribution in [0.5, 0.6) is 11.5 Å². The first-order valence-corrected chi connectivity index (χ1v) is 9.70. The fourth-order valence-electron chi connectivity index (χ4n) is 3.92. The maximum atomic E-state index is 5.84. The van der Waals surface area contributed by atoms with Crippen LogP contribution in [0.4, 0.5) is 0 Å². The van der Waals surface area contributed by atoms with E-state index in [9.17, 15) is 0 Å². The fourth-order valence-corrected chi connectivity index (χ4v) is 3.92. The van der Waals surface area contributed by atoms with Crippen LogP contribution in [0.25, 0.3) is 0 Å². The van der Waals surface area contributed by atoms with Crippen molar-refractivity contribution in [1.29, 1.82) is 0 Å². The van der Waals surface area contributed by atoms with E-state index in [4.69, 9.17) is 9.47 Å². The first-order chi connectivity index (χ1) is 12.7. The molecule has 5 heteroatoms. The van der Waals surface area contributed by atoms with Crippen LogP contribution in [0.1, 0.15) is 56.3 Å². The highest BCUT2D eigenvalue weighted by atomic mass is 16.5. The zero-order chi connectivity index (χ0) is 18.4. The topological polar surface area (TPSA) is 39.5 Å². The van der Waals surface area contributed by atoms with E-state index in [0.717, 1.165) is 30.2 Å². The molecular formula is C21H31N3O2. The Bertz CT molecular complexity index is 692. The molecule has 142 valence electrons. The zero-order valence-corrected chi connectivity index (χ0v) is 16.3. The summed E-state index contributed by atoms with van der Waals surface area (Å²) in [7, 11) is 3.83. The van der Waals surface area contributed by atoms with Gasteiger partial charge < -0.3 is 14.0 Å². The van der Waals surface area contributed by atoms with Crippen molar-refractivity contribution in [2.24, 2.45) is 0 Å². The Hall–Kier alpha value is -2.01. The van der Waals surface area contributed by atoms with Crippen LogP contribution in [0.3, 0.4) is 0 Å². The Morgan fingerprint density at radius 2 is 2.00 bits per heavy atom. The minimum absolute atomic E-state index is 0.616. The normalized spacial score (nSPS) is 15.4. The van der Waals surface area contributed by atoms with E-state index in [1.165, 1.54) is 37.8 Å². The predicted molar refractivity (Wildman–Crippen MR) is 104 cm³/mol. The molecule has 1 saturated carbocycles. The summed E-state index contributed by atoms with van der Waals surface area (Å²) >= 11 is 0.